The molecule has 2 saturated carbocycles. The van der Waals surface area contributed by atoms with Crippen LogP contribution in [-0.4, -0.2) is 43.6 Å². The number of carbonyl (C=O) groups excluding carboxylic acids is 1. The van der Waals surface area contributed by atoms with Gasteiger partial charge in [-0.3, -0.25) is 4.79 Å². The molecule has 0 saturated heterocycles. The Morgan fingerprint density at radius 1 is 1.15 bits per heavy atom. The summed E-state index contributed by atoms with van der Waals surface area (Å²) in [6.45, 7) is 3.05. The molecular weight excluding hydrogens is 414 g/mol. The van der Waals surface area contributed by atoms with Gasteiger partial charge in [0.25, 0.3) is 0 Å². The van der Waals surface area contributed by atoms with Crippen LogP contribution in [0.3, 0.4) is 0 Å². The Balaban J connectivity index is 1.65. The summed E-state index contributed by atoms with van der Waals surface area (Å²) in [5.74, 6) is 1.64. The Bertz CT molecular complexity index is 1020. The fourth-order valence-corrected chi connectivity index (χ4v) is 7.78. The maximum absolute atomic E-state index is 12.2. The minimum Gasteiger partial charge on any atom is -0.411 e. The predicted molar refractivity (Wildman–Crippen MR) is 128 cm³/mol. The Morgan fingerprint density at radius 2 is 1.94 bits per heavy atom. The number of oxime groups is 1. The van der Waals surface area contributed by atoms with Crippen LogP contribution in [0.5, 0.6) is 0 Å². The van der Waals surface area contributed by atoms with Gasteiger partial charge in [0.05, 0.1) is 18.4 Å². The van der Waals surface area contributed by atoms with Gasteiger partial charge in [-0.2, -0.15) is 0 Å². The standard InChI is InChI=1S/C28H35NO4/c1-27-15-24(19-6-4-18(5-7-19)16-29-31)26-22-11-9-21(30)14-20(22)8-10-23(26)25(27)12-13-28(27,33-3)17-32-2/h4-7,14,16,23-25,31H,8-13,15,17H2,1-3H3/b29-16+/t23-,24-,25-,27-,28+/m0/s1. The summed E-state index contributed by atoms with van der Waals surface area (Å²) in [7, 11) is 3.64. The van der Waals surface area contributed by atoms with E-state index < -0.39 is 0 Å². The SMILES string of the molecule is COC[C@]1(OC)CC[C@H]2[C@@H]3CCC4=CC(=O)CCC4=C3[C@H](c3ccc(/C=N/O)cc3)C[C@@]21C. The topological polar surface area (TPSA) is 68.1 Å². The molecule has 2 fully saturated rings. The van der Waals surface area contributed by atoms with Gasteiger partial charge in [-0.25, -0.2) is 0 Å². The highest BCUT2D eigenvalue weighted by atomic mass is 16.5. The molecule has 5 atom stereocenters. The molecule has 0 radical (unpaired) electrons. The van der Waals surface area contributed by atoms with Gasteiger partial charge in [0.2, 0.25) is 0 Å². The van der Waals surface area contributed by atoms with Gasteiger partial charge in [-0.05, 0) is 78.7 Å². The predicted octanol–water partition coefficient (Wildman–Crippen LogP) is 5.43. The number of fused-ring (bicyclic) bond motifs is 4. The van der Waals surface area contributed by atoms with Gasteiger partial charge >= 0.3 is 0 Å². The van der Waals surface area contributed by atoms with Crippen LogP contribution in [0.15, 0.2) is 52.2 Å². The van der Waals surface area contributed by atoms with Crippen LogP contribution in [0, 0.1) is 17.3 Å². The van der Waals surface area contributed by atoms with Crippen LogP contribution < -0.4 is 0 Å². The molecule has 0 spiro atoms. The lowest BCUT2D eigenvalue weighted by Crippen LogP contribution is -2.54. The van der Waals surface area contributed by atoms with Crippen LogP contribution in [0.25, 0.3) is 0 Å². The molecule has 5 rings (SSSR count). The summed E-state index contributed by atoms with van der Waals surface area (Å²) < 4.78 is 12.0. The lowest BCUT2D eigenvalue weighted by molar-refractivity contribution is -0.149. The number of nitrogens with zero attached hydrogens (tertiary/aromatic N) is 1. The van der Waals surface area contributed by atoms with E-state index in [1.54, 1.807) is 12.7 Å². The minimum absolute atomic E-state index is 0.00802. The number of ether oxygens (including phenoxy) is 2. The van der Waals surface area contributed by atoms with E-state index >= 15 is 0 Å². The van der Waals surface area contributed by atoms with E-state index in [-0.39, 0.29) is 22.7 Å². The van der Waals surface area contributed by atoms with E-state index in [0.717, 1.165) is 44.1 Å². The zero-order valence-electron chi connectivity index (χ0n) is 20.0. The first-order valence-corrected chi connectivity index (χ1v) is 12.2. The van der Waals surface area contributed by atoms with Crippen LogP contribution >= 0.6 is 0 Å². The zero-order valence-corrected chi connectivity index (χ0v) is 20.0. The maximum Gasteiger partial charge on any atom is 0.156 e. The van der Waals surface area contributed by atoms with Crippen molar-refractivity contribution in [1.82, 2.24) is 0 Å². The molecule has 1 aromatic rings. The van der Waals surface area contributed by atoms with Gasteiger partial charge in [-0.15, -0.1) is 0 Å². The number of carbonyl (C=O) groups is 1. The molecular formula is C28H35NO4. The molecule has 0 unspecified atom stereocenters. The smallest absolute Gasteiger partial charge is 0.156 e. The van der Waals surface area contributed by atoms with Gasteiger partial charge < -0.3 is 14.7 Å². The molecule has 1 N–H and O–H groups in total. The maximum atomic E-state index is 12.2. The number of hydrogen-bond acceptors (Lipinski definition) is 5. The fraction of sp³-hybridized carbons (Fsp3) is 0.571. The normalized spacial score (nSPS) is 35.9. The van der Waals surface area contributed by atoms with Crippen LogP contribution in [0.1, 0.15) is 68.9 Å². The molecule has 0 bridgehead atoms. The number of hydrogen-bond donors (Lipinski definition) is 1. The number of ketones is 1. The Kier molecular flexibility index (Phi) is 5.82. The van der Waals surface area contributed by atoms with E-state index in [0.29, 0.717) is 24.9 Å². The third-order valence-corrected chi connectivity index (χ3v) is 9.34. The average Bonchev–Trinajstić information content (AvgIpc) is 3.11. The highest BCUT2D eigenvalue weighted by molar-refractivity contribution is 5.93. The lowest BCUT2D eigenvalue weighted by atomic mass is 9.51. The van der Waals surface area contributed by atoms with Crippen LogP contribution in [0.4, 0.5) is 0 Å². The van der Waals surface area contributed by atoms with Crippen molar-refractivity contribution >= 4 is 12.0 Å². The van der Waals surface area contributed by atoms with Crippen LogP contribution in [-0.2, 0) is 14.3 Å². The molecule has 33 heavy (non-hydrogen) atoms. The molecule has 1 aromatic carbocycles. The fourth-order valence-electron chi connectivity index (χ4n) is 7.78. The quantitative estimate of drug-likeness (QED) is 0.370. The third-order valence-electron chi connectivity index (χ3n) is 9.34. The molecule has 5 heteroatoms. The van der Waals surface area contributed by atoms with Crippen molar-refractivity contribution in [1.29, 1.82) is 0 Å². The van der Waals surface area contributed by atoms with Gasteiger partial charge in [0.15, 0.2) is 5.78 Å². The van der Waals surface area contributed by atoms with Gasteiger partial charge in [-0.1, -0.05) is 41.9 Å². The van der Waals surface area contributed by atoms with E-state index in [4.69, 9.17) is 14.7 Å². The van der Waals surface area contributed by atoms with Gasteiger partial charge in [0.1, 0.15) is 0 Å². The molecule has 0 heterocycles. The molecule has 0 aliphatic heterocycles. The number of benzene rings is 1. The summed E-state index contributed by atoms with van der Waals surface area (Å²) in [5, 5.41) is 12.1. The first-order chi connectivity index (χ1) is 16.0. The summed E-state index contributed by atoms with van der Waals surface area (Å²) in [6, 6.07) is 8.42. The molecule has 4 aliphatic carbocycles. The summed E-state index contributed by atoms with van der Waals surface area (Å²) in [6.07, 6.45) is 10.2. The average molecular weight is 450 g/mol. The first-order valence-electron chi connectivity index (χ1n) is 12.2. The first kappa shape index (κ1) is 22.5. The second-order valence-electron chi connectivity index (χ2n) is 10.6. The van der Waals surface area contributed by atoms with Crippen molar-refractivity contribution in [2.75, 3.05) is 20.8 Å². The molecule has 0 amide bonds. The van der Waals surface area contributed by atoms with Crippen molar-refractivity contribution < 1.29 is 19.5 Å². The Labute approximate surface area is 196 Å². The highest BCUT2D eigenvalue weighted by Crippen LogP contribution is 2.67. The summed E-state index contributed by atoms with van der Waals surface area (Å²) >= 11 is 0. The van der Waals surface area contributed by atoms with E-state index in [1.807, 2.05) is 25.3 Å². The Morgan fingerprint density at radius 3 is 2.64 bits per heavy atom. The van der Waals surface area contributed by atoms with E-state index in [9.17, 15) is 4.79 Å². The highest BCUT2D eigenvalue weighted by Gasteiger charge is 2.63. The molecule has 176 valence electrons. The molecule has 4 aliphatic rings. The number of rotatable bonds is 5. The van der Waals surface area contributed by atoms with Crippen molar-refractivity contribution in [3.63, 3.8) is 0 Å². The monoisotopic (exact) mass is 449 g/mol. The van der Waals surface area contributed by atoms with Crippen molar-refractivity contribution in [3.05, 3.63) is 58.2 Å². The van der Waals surface area contributed by atoms with E-state index in [2.05, 4.69) is 24.2 Å². The zero-order chi connectivity index (χ0) is 23.2. The van der Waals surface area contributed by atoms with Gasteiger partial charge in [0, 0.05) is 32.0 Å². The Hall–Kier alpha value is -2.24. The minimum atomic E-state index is -0.275. The molecule has 0 aromatic heterocycles. The van der Waals surface area contributed by atoms with Crippen molar-refractivity contribution in [3.8, 4) is 0 Å². The van der Waals surface area contributed by atoms with Crippen LogP contribution in [0.2, 0.25) is 0 Å². The van der Waals surface area contributed by atoms with E-state index in [1.165, 1.54) is 22.9 Å². The van der Waals surface area contributed by atoms with Crippen molar-refractivity contribution in [2.45, 2.75) is 63.4 Å². The second kappa shape index (κ2) is 8.52. The summed E-state index contributed by atoms with van der Waals surface area (Å²) in [5.41, 5.74) is 6.23. The summed E-state index contributed by atoms with van der Waals surface area (Å²) in [4.78, 5) is 12.2. The lowest BCUT2D eigenvalue weighted by Gasteiger charge is -2.55. The third kappa shape index (κ3) is 3.43. The molecule has 5 nitrogen and oxygen atoms in total. The second-order valence-corrected chi connectivity index (χ2v) is 10.6. The number of methoxy groups -OCH3 is 2. The number of allylic oxidation sites excluding steroid dienone is 4. The largest absolute Gasteiger partial charge is 0.411 e. The van der Waals surface area contributed by atoms with Crippen molar-refractivity contribution in [2.24, 2.45) is 22.4 Å².